The SMILES string of the molecule is CC(N)CCNS(=O)(=O)c1cccc(I)c1.Cl. The third-order valence-electron chi connectivity index (χ3n) is 2.00. The van der Waals surface area contributed by atoms with Crippen LogP contribution in [0.15, 0.2) is 29.2 Å². The topological polar surface area (TPSA) is 72.2 Å². The summed E-state index contributed by atoms with van der Waals surface area (Å²) < 4.78 is 27.0. The van der Waals surface area contributed by atoms with Crippen LogP contribution in [0.1, 0.15) is 13.3 Å². The highest BCUT2D eigenvalue weighted by atomic mass is 127. The molecule has 98 valence electrons. The average Bonchev–Trinajstić information content (AvgIpc) is 2.16. The van der Waals surface area contributed by atoms with Crippen molar-refractivity contribution < 1.29 is 8.42 Å². The van der Waals surface area contributed by atoms with E-state index in [4.69, 9.17) is 5.73 Å². The fourth-order valence-corrected chi connectivity index (χ4v) is 2.99. The first kappa shape index (κ1) is 17.1. The van der Waals surface area contributed by atoms with Crippen LogP contribution < -0.4 is 10.5 Å². The van der Waals surface area contributed by atoms with Crippen molar-refractivity contribution in [3.8, 4) is 0 Å². The second-order valence-corrected chi connectivity index (χ2v) is 6.63. The third-order valence-corrected chi connectivity index (χ3v) is 4.13. The van der Waals surface area contributed by atoms with E-state index in [-0.39, 0.29) is 18.4 Å². The van der Waals surface area contributed by atoms with Crippen LogP contribution in [-0.2, 0) is 10.0 Å². The molecule has 0 aliphatic rings. The van der Waals surface area contributed by atoms with Gasteiger partial charge in [0.1, 0.15) is 0 Å². The molecule has 0 saturated carbocycles. The smallest absolute Gasteiger partial charge is 0.240 e. The second-order valence-electron chi connectivity index (χ2n) is 3.62. The lowest BCUT2D eigenvalue weighted by Crippen LogP contribution is -2.29. The molecule has 0 heterocycles. The highest BCUT2D eigenvalue weighted by Crippen LogP contribution is 2.12. The predicted molar refractivity (Wildman–Crippen MR) is 79.9 cm³/mol. The summed E-state index contributed by atoms with van der Waals surface area (Å²) in [6.45, 7) is 2.21. The lowest BCUT2D eigenvalue weighted by atomic mass is 10.3. The molecule has 0 bridgehead atoms. The Bertz CT molecular complexity index is 451. The Labute approximate surface area is 122 Å². The maximum absolute atomic E-state index is 11.8. The van der Waals surface area contributed by atoms with Gasteiger partial charge in [0.15, 0.2) is 0 Å². The molecule has 1 aromatic rings. The Hall–Kier alpha value is 0.110. The number of benzene rings is 1. The van der Waals surface area contributed by atoms with Crippen molar-refractivity contribution >= 4 is 45.0 Å². The molecule has 1 unspecified atom stereocenters. The van der Waals surface area contributed by atoms with E-state index < -0.39 is 10.0 Å². The van der Waals surface area contributed by atoms with Gasteiger partial charge in [0.25, 0.3) is 0 Å². The van der Waals surface area contributed by atoms with E-state index in [1.54, 1.807) is 18.2 Å². The van der Waals surface area contributed by atoms with Crippen LogP contribution in [0.4, 0.5) is 0 Å². The van der Waals surface area contributed by atoms with Crippen molar-refractivity contribution in [3.05, 3.63) is 27.8 Å². The van der Waals surface area contributed by atoms with E-state index in [0.717, 1.165) is 3.57 Å². The average molecular weight is 391 g/mol. The van der Waals surface area contributed by atoms with Crippen molar-refractivity contribution in [3.63, 3.8) is 0 Å². The van der Waals surface area contributed by atoms with Crippen LogP contribution in [0.5, 0.6) is 0 Å². The predicted octanol–water partition coefficient (Wildman–Crippen LogP) is 1.73. The zero-order valence-corrected chi connectivity index (χ0v) is 13.2. The molecular formula is C10H16ClIN2O2S. The van der Waals surface area contributed by atoms with Crippen molar-refractivity contribution in [1.82, 2.24) is 4.72 Å². The zero-order valence-electron chi connectivity index (χ0n) is 9.39. The molecule has 4 nitrogen and oxygen atoms in total. The van der Waals surface area contributed by atoms with Gasteiger partial charge in [-0.15, -0.1) is 12.4 Å². The van der Waals surface area contributed by atoms with Gasteiger partial charge in [0.2, 0.25) is 10.0 Å². The van der Waals surface area contributed by atoms with E-state index in [0.29, 0.717) is 17.9 Å². The molecule has 0 aliphatic heterocycles. The van der Waals surface area contributed by atoms with Gasteiger partial charge in [-0.3, -0.25) is 0 Å². The van der Waals surface area contributed by atoms with Crippen molar-refractivity contribution in [2.45, 2.75) is 24.3 Å². The monoisotopic (exact) mass is 390 g/mol. The van der Waals surface area contributed by atoms with Gasteiger partial charge in [0, 0.05) is 16.2 Å². The van der Waals surface area contributed by atoms with E-state index in [1.807, 2.05) is 13.0 Å². The summed E-state index contributed by atoms with van der Waals surface area (Å²) in [5.41, 5.74) is 5.55. The largest absolute Gasteiger partial charge is 0.328 e. The van der Waals surface area contributed by atoms with Gasteiger partial charge >= 0.3 is 0 Å². The molecule has 0 amide bonds. The first-order chi connectivity index (χ1) is 7.42. The molecule has 7 heteroatoms. The molecule has 0 aliphatic carbocycles. The number of hydrogen-bond donors (Lipinski definition) is 2. The maximum Gasteiger partial charge on any atom is 0.240 e. The van der Waals surface area contributed by atoms with Crippen LogP contribution in [0, 0.1) is 3.57 Å². The van der Waals surface area contributed by atoms with E-state index >= 15 is 0 Å². The third kappa shape index (κ3) is 6.01. The Morgan fingerprint density at radius 3 is 2.65 bits per heavy atom. The van der Waals surface area contributed by atoms with Crippen molar-refractivity contribution in [1.29, 1.82) is 0 Å². The van der Waals surface area contributed by atoms with Crippen LogP contribution in [0.2, 0.25) is 0 Å². The molecule has 0 spiro atoms. The van der Waals surface area contributed by atoms with Crippen LogP contribution in [0.3, 0.4) is 0 Å². The summed E-state index contributed by atoms with van der Waals surface area (Å²) in [5, 5.41) is 0. The summed E-state index contributed by atoms with van der Waals surface area (Å²) in [6.07, 6.45) is 0.628. The normalized spacial score (nSPS) is 12.9. The summed E-state index contributed by atoms with van der Waals surface area (Å²) >= 11 is 2.08. The number of hydrogen-bond acceptors (Lipinski definition) is 3. The first-order valence-corrected chi connectivity index (χ1v) is 7.49. The van der Waals surface area contributed by atoms with Crippen LogP contribution >= 0.6 is 35.0 Å². The number of sulfonamides is 1. The molecule has 0 aromatic heterocycles. The molecule has 1 rings (SSSR count). The quantitative estimate of drug-likeness (QED) is 0.752. The number of rotatable bonds is 5. The van der Waals surface area contributed by atoms with Crippen LogP contribution in [0.25, 0.3) is 0 Å². The van der Waals surface area contributed by atoms with Crippen molar-refractivity contribution in [2.75, 3.05) is 6.54 Å². The first-order valence-electron chi connectivity index (χ1n) is 4.92. The molecule has 1 atom stereocenters. The zero-order chi connectivity index (χ0) is 12.2. The van der Waals surface area contributed by atoms with E-state index in [1.165, 1.54) is 0 Å². The lowest BCUT2D eigenvalue weighted by molar-refractivity contribution is 0.572. The van der Waals surface area contributed by atoms with Gasteiger partial charge in [-0.25, -0.2) is 13.1 Å². The Kier molecular flexibility index (Phi) is 7.57. The summed E-state index contributed by atoms with van der Waals surface area (Å²) in [6, 6.07) is 6.78. The lowest BCUT2D eigenvalue weighted by Gasteiger charge is -2.08. The van der Waals surface area contributed by atoms with Gasteiger partial charge in [-0.2, -0.15) is 0 Å². The molecule has 17 heavy (non-hydrogen) atoms. The Morgan fingerprint density at radius 1 is 1.47 bits per heavy atom. The van der Waals surface area contributed by atoms with Gasteiger partial charge < -0.3 is 5.73 Å². The standard InChI is InChI=1S/C10H15IN2O2S.ClH/c1-8(12)5-6-13-16(14,15)10-4-2-3-9(11)7-10;/h2-4,7-8,13H,5-6,12H2,1H3;1H. The fourth-order valence-electron chi connectivity index (χ4n) is 1.14. The summed E-state index contributed by atoms with van der Waals surface area (Å²) in [5.74, 6) is 0. The second kappa shape index (κ2) is 7.52. The van der Waals surface area contributed by atoms with E-state index in [9.17, 15) is 8.42 Å². The van der Waals surface area contributed by atoms with Gasteiger partial charge in [-0.05, 0) is 54.1 Å². The molecule has 1 aromatic carbocycles. The van der Waals surface area contributed by atoms with E-state index in [2.05, 4.69) is 27.3 Å². The summed E-state index contributed by atoms with van der Waals surface area (Å²) in [7, 11) is -3.39. The van der Waals surface area contributed by atoms with Gasteiger partial charge in [-0.1, -0.05) is 6.07 Å². The summed E-state index contributed by atoms with van der Waals surface area (Å²) in [4.78, 5) is 0.295. The fraction of sp³-hybridized carbons (Fsp3) is 0.400. The Balaban J connectivity index is 0.00000256. The molecule has 0 fully saturated rings. The van der Waals surface area contributed by atoms with Crippen molar-refractivity contribution in [2.24, 2.45) is 5.73 Å². The minimum Gasteiger partial charge on any atom is -0.328 e. The molecule has 3 N–H and O–H groups in total. The molecular weight excluding hydrogens is 375 g/mol. The van der Waals surface area contributed by atoms with Gasteiger partial charge in [0.05, 0.1) is 4.90 Å². The molecule has 0 radical (unpaired) electrons. The highest BCUT2D eigenvalue weighted by Gasteiger charge is 2.13. The minimum absolute atomic E-state index is 0. The maximum atomic E-state index is 11.8. The van der Waals surface area contributed by atoms with Crippen LogP contribution in [-0.4, -0.2) is 21.0 Å². The minimum atomic E-state index is -3.39. The number of nitrogens with one attached hydrogen (secondary N) is 1. The molecule has 0 saturated heterocycles. The number of halogens is 2. The number of nitrogens with two attached hydrogens (primary N) is 1. The highest BCUT2D eigenvalue weighted by molar-refractivity contribution is 14.1. The Morgan fingerprint density at radius 2 is 2.12 bits per heavy atom.